The molecule has 0 spiro atoms. The van der Waals surface area contributed by atoms with Gasteiger partial charge in [-0.3, -0.25) is 9.69 Å². The Kier molecular flexibility index (Phi) is 4.52. The molecule has 2 atom stereocenters. The maximum atomic E-state index is 12.2. The molecule has 1 fully saturated rings. The van der Waals surface area contributed by atoms with Gasteiger partial charge in [-0.1, -0.05) is 12.1 Å². The van der Waals surface area contributed by atoms with Crippen LogP contribution in [0, 0.1) is 0 Å². The number of benzene rings is 1. The van der Waals surface area contributed by atoms with Crippen molar-refractivity contribution in [2.75, 3.05) is 26.2 Å². The molecule has 5 nitrogen and oxygen atoms in total. The van der Waals surface area contributed by atoms with Gasteiger partial charge in [0.15, 0.2) is 5.78 Å². The second-order valence-electron chi connectivity index (χ2n) is 4.68. The van der Waals surface area contributed by atoms with Crippen molar-refractivity contribution in [1.82, 2.24) is 4.90 Å². The number of hydrogen-bond acceptors (Lipinski definition) is 5. The van der Waals surface area contributed by atoms with Crippen LogP contribution >= 0.6 is 0 Å². The molecule has 104 valence electrons. The maximum absolute atomic E-state index is 12.2. The number of aliphatic hydroxyl groups is 2. The summed E-state index contributed by atoms with van der Waals surface area (Å²) < 4.78 is 5.43. The van der Waals surface area contributed by atoms with Gasteiger partial charge >= 0.3 is 0 Å². The fourth-order valence-corrected chi connectivity index (χ4v) is 2.24. The Morgan fingerprint density at radius 1 is 1.32 bits per heavy atom. The Hall–Kier alpha value is -1.43. The zero-order chi connectivity index (χ0) is 13.8. The molecule has 2 unspecified atom stereocenters. The van der Waals surface area contributed by atoms with Gasteiger partial charge in [-0.2, -0.15) is 0 Å². The van der Waals surface area contributed by atoms with Crippen molar-refractivity contribution in [2.24, 2.45) is 0 Å². The van der Waals surface area contributed by atoms with E-state index in [0.29, 0.717) is 31.0 Å². The summed E-state index contributed by atoms with van der Waals surface area (Å²) in [5.74, 6) is 0.514. The third kappa shape index (κ3) is 3.32. The normalized spacial score (nSPS) is 23.5. The number of β-amino-alcohol motifs (C(OH)–C–C–N with tert-alkyl or cyclic N) is 2. The van der Waals surface area contributed by atoms with Gasteiger partial charge in [0.05, 0.1) is 30.9 Å². The molecule has 1 saturated heterocycles. The summed E-state index contributed by atoms with van der Waals surface area (Å²) in [7, 11) is 0. The number of carbonyl (C=O) groups is 1. The average molecular weight is 265 g/mol. The van der Waals surface area contributed by atoms with Gasteiger partial charge in [0.25, 0.3) is 0 Å². The smallest absolute Gasteiger partial charge is 0.180 e. The lowest BCUT2D eigenvalue weighted by atomic mass is 10.1. The van der Waals surface area contributed by atoms with Crippen LogP contribution in [0.4, 0.5) is 0 Å². The van der Waals surface area contributed by atoms with Crippen molar-refractivity contribution in [3.63, 3.8) is 0 Å². The topological polar surface area (TPSA) is 70.0 Å². The van der Waals surface area contributed by atoms with Gasteiger partial charge in [-0.25, -0.2) is 0 Å². The van der Waals surface area contributed by atoms with Crippen LogP contribution in [0.1, 0.15) is 17.3 Å². The van der Waals surface area contributed by atoms with Crippen molar-refractivity contribution < 1.29 is 19.7 Å². The highest BCUT2D eigenvalue weighted by Gasteiger charge is 2.30. The van der Waals surface area contributed by atoms with Gasteiger partial charge in [0.2, 0.25) is 0 Å². The SMILES string of the molecule is CCOc1ccccc1C(=O)CN1CC(O)C(O)C1. The van der Waals surface area contributed by atoms with Crippen LogP contribution in [0.3, 0.4) is 0 Å². The number of aliphatic hydroxyl groups excluding tert-OH is 2. The van der Waals surface area contributed by atoms with E-state index >= 15 is 0 Å². The summed E-state index contributed by atoms with van der Waals surface area (Å²) in [6, 6.07) is 7.12. The van der Waals surface area contributed by atoms with Crippen LogP contribution in [0.15, 0.2) is 24.3 Å². The number of Topliss-reactive ketones (excluding diaryl/α,β-unsaturated/α-hetero) is 1. The Labute approximate surface area is 112 Å². The minimum absolute atomic E-state index is 0.0645. The first-order chi connectivity index (χ1) is 9.11. The Balaban J connectivity index is 2.04. The number of carbonyl (C=O) groups excluding carboxylic acids is 1. The van der Waals surface area contributed by atoms with Gasteiger partial charge in [0, 0.05) is 13.1 Å². The van der Waals surface area contributed by atoms with E-state index in [1.165, 1.54) is 0 Å². The number of likely N-dealkylation sites (tertiary alicyclic amines) is 1. The third-order valence-electron chi connectivity index (χ3n) is 3.19. The first-order valence-corrected chi connectivity index (χ1v) is 6.45. The number of para-hydroxylation sites is 1. The molecule has 0 radical (unpaired) electrons. The van der Waals surface area contributed by atoms with Crippen LogP contribution in [0.2, 0.25) is 0 Å². The molecule has 1 aliphatic heterocycles. The molecule has 0 bridgehead atoms. The van der Waals surface area contributed by atoms with E-state index in [-0.39, 0.29) is 12.3 Å². The summed E-state index contributed by atoms with van der Waals surface area (Å²) in [5, 5.41) is 18.9. The number of ketones is 1. The molecule has 19 heavy (non-hydrogen) atoms. The second kappa shape index (κ2) is 6.14. The van der Waals surface area contributed by atoms with Gasteiger partial charge in [-0.15, -0.1) is 0 Å². The first kappa shape index (κ1) is 14.0. The van der Waals surface area contributed by atoms with Crippen LogP contribution < -0.4 is 4.74 Å². The predicted octanol–water partition coefficient (Wildman–Crippen LogP) is 0.305. The van der Waals surface area contributed by atoms with Crippen molar-refractivity contribution >= 4 is 5.78 Å². The molecule has 1 heterocycles. The summed E-state index contributed by atoms with van der Waals surface area (Å²) in [6.07, 6.45) is -1.54. The lowest BCUT2D eigenvalue weighted by molar-refractivity contribution is 0.0572. The van der Waals surface area contributed by atoms with E-state index < -0.39 is 12.2 Å². The fraction of sp³-hybridized carbons (Fsp3) is 0.500. The Bertz CT molecular complexity index is 439. The lowest BCUT2D eigenvalue weighted by Crippen LogP contribution is -2.29. The number of ether oxygens (including phenoxy) is 1. The molecule has 2 N–H and O–H groups in total. The molecule has 1 aromatic rings. The maximum Gasteiger partial charge on any atom is 0.180 e. The van der Waals surface area contributed by atoms with Crippen LogP contribution in [-0.2, 0) is 0 Å². The third-order valence-corrected chi connectivity index (χ3v) is 3.19. The average Bonchev–Trinajstić information content (AvgIpc) is 2.69. The summed E-state index contributed by atoms with van der Waals surface area (Å²) in [5.41, 5.74) is 0.542. The monoisotopic (exact) mass is 265 g/mol. The predicted molar refractivity (Wildman–Crippen MR) is 70.4 cm³/mol. The molecule has 1 aromatic carbocycles. The van der Waals surface area contributed by atoms with E-state index in [1.807, 2.05) is 13.0 Å². The molecule has 2 rings (SSSR count). The highest BCUT2D eigenvalue weighted by Crippen LogP contribution is 2.20. The molecule has 5 heteroatoms. The summed E-state index contributed by atoms with van der Waals surface area (Å²) in [4.78, 5) is 14.0. The second-order valence-corrected chi connectivity index (χ2v) is 4.68. The van der Waals surface area contributed by atoms with Crippen LogP contribution in [0.25, 0.3) is 0 Å². The van der Waals surface area contributed by atoms with Crippen LogP contribution in [0.5, 0.6) is 5.75 Å². The standard InChI is InChI=1S/C14H19NO4/c1-2-19-14-6-4-3-5-10(14)11(16)7-15-8-12(17)13(18)9-15/h3-6,12-13,17-18H,2,7-9H2,1H3. The van der Waals surface area contributed by atoms with Crippen molar-refractivity contribution in [3.8, 4) is 5.75 Å². The minimum Gasteiger partial charge on any atom is -0.493 e. The minimum atomic E-state index is -0.769. The van der Waals surface area contributed by atoms with Crippen LogP contribution in [-0.4, -0.2) is 59.3 Å². The molecule has 0 saturated carbocycles. The molecule has 0 aliphatic carbocycles. The van der Waals surface area contributed by atoms with Gasteiger partial charge in [-0.05, 0) is 19.1 Å². The van der Waals surface area contributed by atoms with E-state index in [9.17, 15) is 15.0 Å². The highest BCUT2D eigenvalue weighted by atomic mass is 16.5. The van der Waals surface area contributed by atoms with Gasteiger partial charge in [0.1, 0.15) is 5.75 Å². The number of hydrogen-bond donors (Lipinski definition) is 2. The Morgan fingerprint density at radius 3 is 2.58 bits per heavy atom. The number of rotatable bonds is 5. The largest absolute Gasteiger partial charge is 0.493 e. The summed E-state index contributed by atoms with van der Waals surface area (Å²) in [6.45, 7) is 3.20. The highest BCUT2D eigenvalue weighted by molar-refractivity contribution is 6.00. The van der Waals surface area contributed by atoms with E-state index in [2.05, 4.69) is 0 Å². The van der Waals surface area contributed by atoms with E-state index in [1.54, 1.807) is 23.1 Å². The quantitative estimate of drug-likeness (QED) is 0.750. The zero-order valence-electron chi connectivity index (χ0n) is 11.0. The van der Waals surface area contributed by atoms with Gasteiger partial charge < -0.3 is 14.9 Å². The zero-order valence-corrected chi connectivity index (χ0v) is 11.0. The fourth-order valence-electron chi connectivity index (χ4n) is 2.24. The molecule has 0 amide bonds. The molecule has 0 aromatic heterocycles. The molecular weight excluding hydrogens is 246 g/mol. The van der Waals surface area contributed by atoms with Crippen molar-refractivity contribution in [3.05, 3.63) is 29.8 Å². The molecular formula is C14H19NO4. The van der Waals surface area contributed by atoms with E-state index in [0.717, 1.165) is 0 Å². The lowest BCUT2D eigenvalue weighted by Gasteiger charge is -2.15. The molecule has 1 aliphatic rings. The Morgan fingerprint density at radius 2 is 1.95 bits per heavy atom. The van der Waals surface area contributed by atoms with Crippen molar-refractivity contribution in [2.45, 2.75) is 19.1 Å². The first-order valence-electron chi connectivity index (χ1n) is 6.45. The number of nitrogens with zero attached hydrogens (tertiary/aromatic N) is 1. The van der Waals surface area contributed by atoms with E-state index in [4.69, 9.17) is 4.74 Å². The summed E-state index contributed by atoms with van der Waals surface area (Å²) >= 11 is 0. The van der Waals surface area contributed by atoms with Crippen molar-refractivity contribution in [1.29, 1.82) is 0 Å².